The van der Waals surface area contributed by atoms with E-state index in [1.165, 1.54) is 0 Å². The number of aryl methyl sites for hydroxylation is 1. The van der Waals surface area contributed by atoms with Crippen LogP contribution in [0, 0.1) is 6.92 Å². The molecule has 4 heteroatoms. The van der Waals surface area contributed by atoms with Gasteiger partial charge in [0.25, 0.3) is 0 Å². The van der Waals surface area contributed by atoms with Crippen molar-refractivity contribution in [1.29, 1.82) is 0 Å². The fraction of sp³-hybridized carbons (Fsp3) is 0.250. The van der Waals surface area contributed by atoms with Crippen molar-refractivity contribution < 1.29 is 0 Å². The van der Waals surface area contributed by atoms with E-state index in [-0.39, 0.29) is 0 Å². The molecule has 2 rings (SSSR count). The molecule has 0 saturated carbocycles. The van der Waals surface area contributed by atoms with E-state index >= 15 is 0 Å². The van der Waals surface area contributed by atoms with Crippen molar-refractivity contribution in [1.82, 2.24) is 9.78 Å². The number of rotatable bonds is 2. The molecule has 3 nitrogen and oxygen atoms in total. The van der Waals surface area contributed by atoms with Crippen LogP contribution in [0.1, 0.15) is 12.6 Å². The predicted molar refractivity (Wildman–Crippen MR) is 67.5 cm³/mol. The van der Waals surface area contributed by atoms with Crippen molar-refractivity contribution in [3.63, 3.8) is 0 Å². The predicted octanol–water partition coefficient (Wildman–Crippen LogP) is 3.11. The summed E-state index contributed by atoms with van der Waals surface area (Å²) in [5.41, 5.74) is 9.77. The van der Waals surface area contributed by atoms with Gasteiger partial charge >= 0.3 is 0 Å². The molecule has 16 heavy (non-hydrogen) atoms. The van der Waals surface area contributed by atoms with Crippen molar-refractivity contribution in [2.75, 3.05) is 5.73 Å². The van der Waals surface area contributed by atoms with E-state index in [0.717, 1.165) is 29.1 Å². The smallest absolute Gasteiger partial charge is 0.0571 e. The van der Waals surface area contributed by atoms with E-state index in [1.54, 1.807) is 6.07 Å². The Hall–Kier alpha value is -1.48. The fourth-order valence-corrected chi connectivity index (χ4v) is 1.96. The Morgan fingerprint density at radius 1 is 1.38 bits per heavy atom. The average Bonchev–Trinajstić information content (AvgIpc) is 2.63. The maximum absolute atomic E-state index is 5.98. The first-order chi connectivity index (χ1) is 7.63. The van der Waals surface area contributed by atoms with Gasteiger partial charge in [-0.2, -0.15) is 5.10 Å². The van der Waals surface area contributed by atoms with Crippen LogP contribution >= 0.6 is 11.6 Å². The number of halogens is 1. The molecule has 84 valence electrons. The molecular formula is C12H14ClN3. The Kier molecular flexibility index (Phi) is 2.88. The molecule has 1 aromatic carbocycles. The fourth-order valence-electron chi connectivity index (χ4n) is 1.79. The second-order valence-electron chi connectivity index (χ2n) is 3.69. The van der Waals surface area contributed by atoms with Crippen LogP contribution < -0.4 is 5.73 Å². The largest absolute Gasteiger partial charge is 0.398 e. The monoisotopic (exact) mass is 235 g/mol. The van der Waals surface area contributed by atoms with Crippen molar-refractivity contribution in [3.8, 4) is 11.1 Å². The molecule has 0 aliphatic carbocycles. The Morgan fingerprint density at radius 2 is 2.12 bits per heavy atom. The Bertz CT molecular complexity index is 517. The van der Waals surface area contributed by atoms with Gasteiger partial charge in [0.15, 0.2) is 0 Å². The zero-order chi connectivity index (χ0) is 11.7. The third-order valence-electron chi connectivity index (χ3n) is 2.71. The average molecular weight is 236 g/mol. The first-order valence-electron chi connectivity index (χ1n) is 5.21. The van der Waals surface area contributed by atoms with Crippen LogP contribution in [0.3, 0.4) is 0 Å². The van der Waals surface area contributed by atoms with E-state index in [0.29, 0.717) is 5.02 Å². The molecule has 0 spiro atoms. The van der Waals surface area contributed by atoms with Crippen LogP contribution in [-0.2, 0) is 6.54 Å². The molecule has 0 unspecified atom stereocenters. The normalized spacial score (nSPS) is 10.7. The number of anilines is 1. The molecule has 1 heterocycles. The molecule has 0 aliphatic heterocycles. The molecule has 0 fully saturated rings. The molecule has 0 bridgehead atoms. The number of aromatic nitrogens is 2. The minimum absolute atomic E-state index is 0.688. The molecule has 0 atom stereocenters. The quantitative estimate of drug-likeness (QED) is 0.813. The molecule has 1 aromatic heterocycles. The van der Waals surface area contributed by atoms with Gasteiger partial charge in [-0.05, 0) is 32.0 Å². The highest BCUT2D eigenvalue weighted by molar-refractivity contribution is 6.31. The van der Waals surface area contributed by atoms with Crippen LogP contribution in [0.2, 0.25) is 5.02 Å². The van der Waals surface area contributed by atoms with Crippen LogP contribution in [0.5, 0.6) is 0 Å². The van der Waals surface area contributed by atoms with Gasteiger partial charge in [-0.25, -0.2) is 0 Å². The summed E-state index contributed by atoms with van der Waals surface area (Å²) in [5.74, 6) is 0. The Morgan fingerprint density at radius 3 is 2.75 bits per heavy atom. The lowest BCUT2D eigenvalue weighted by molar-refractivity contribution is 0.640. The lowest BCUT2D eigenvalue weighted by Crippen LogP contribution is -1.98. The lowest BCUT2D eigenvalue weighted by Gasteiger charge is -2.06. The van der Waals surface area contributed by atoms with Gasteiger partial charge in [0.1, 0.15) is 0 Å². The highest BCUT2D eigenvalue weighted by Gasteiger charge is 2.10. The molecule has 0 saturated heterocycles. The second-order valence-corrected chi connectivity index (χ2v) is 4.13. The van der Waals surface area contributed by atoms with Gasteiger partial charge < -0.3 is 5.73 Å². The minimum Gasteiger partial charge on any atom is -0.398 e. The van der Waals surface area contributed by atoms with Crippen LogP contribution in [0.25, 0.3) is 11.1 Å². The highest BCUT2D eigenvalue weighted by Crippen LogP contribution is 2.30. The van der Waals surface area contributed by atoms with Crippen molar-refractivity contribution in [2.45, 2.75) is 20.4 Å². The first-order valence-corrected chi connectivity index (χ1v) is 5.59. The molecule has 0 aliphatic rings. The summed E-state index contributed by atoms with van der Waals surface area (Å²) in [6.07, 6.45) is 1.83. The van der Waals surface area contributed by atoms with Gasteiger partial charge in [-0.1, -0.05) is 11.6 Å². The standard InChI is InChI=1S/C12H14ClN3/c1-3-16-8(2)11(7-15-16)10-6-9(13)4-5-12(10)14/h4-7H,3,14H2,1-2H3. The van der Waals surface area contributed by atoms with Gasteiger partial charge in [0, 0.05) is 34.1 Å². The SMILES string of the molecule is CCn1ncc(-c2cc(Cl)ccc2N)c1C. The van der Waals surface area contributed by atoms with E-state index in [9.17, 15) is 0 Å². The molecule has 2 N–H and O–H groups in total. The van der Waals surface area contributed by atoms with Gasteiger partial charge in [-0.3, -0.25) is 4.68 Å². The van der Waals surface area contributed by atoms with E-state index in [1.807, 2.05) is 29.9 Å². The summed E-state index contributed by atoms with van der Waals surface area (Å²) in [7, 11) is 0. The zero-order valence-electron chi connectivity index (χ0n) is 9.37. The first kappa shape index (κ1) is 11.0. The van der Waals surface area contributed by atoms with Gasteiger partial charge in [0.05, 0.1) is 6.20 Å². The van der Waals surface area contributed by atoms with Crippen LogP contribution in [0.15, 0.2) is 24.4 Å². The zero-order valence-corrected chi connectivity index (χ0v) is 10.1. The Labute approximate surface area is 99.8 Å². The van der Waals surface area contributed by atoms with Gasteiger partial charge in [-0.15, -0.1) is 0 Å². The second kappa shape index (κ2) is 4.18. The topological polar surface area (TPSA) is 43.8 Å². The number of nitrogens with zero attached hydrogens (tertiary/aromatic N) is 2. The highest BCUT2D eigenvalue weighted by atomic mass is 35.5. The van der Waals surface area contributed by atoms with E-state index < -0.39 is 0 Å². The Balaban J connectivity index is 2.58. The van der Waals surface area contributed by atoms with Crippen LogP contribution in [0.4, 0.5) is 5.69 Å². The number of hydrogen-bond donors (Lipinski definition) is 1. The number of nitrogen functional groups attached to an aromatic ring is 1. The molecule has 0 radical (unpaired) electrons. The summed E-state index contributed by atoms with van der Waals surface area (Å²) >= 11 is 5.98. The summed E-state index contributed by atoms with van der Waals surface area (Å²) in [5, 5.41) is 4.99. The third-order valence-corrected chi connectivity index (χ3v) is 2.94. The maximum atomic E-state index is 5.98. The summed E-state index contributed by atoms with van der Waals surface area (Å²) in [4.78, 5) is 0. The minimum atomic E-state index is 0.688. The summed E-state index contributed by atoms with van der Waals surface area (Å²) in [6, 6.07) is 5.49. The number of hydrogen-bond acceptors (Lipinski definition) is 2. The third kappa shape index (κ3) is 1.78. The maximum Gasteiger partial charge on any atom is 0.0571 e. The van der Waals surface area contributed by atoms with E-state index in [2.05, 4.69) is 12.0 Å². The number of nitrogens with two attached hydrogens (primary N) is 1. The van der Waals surface area contributed by atoms with Crippen molar-refractivity contribution in [2.24, 2.45) is 0 Å². The molecule has 0 amide bonds. The van der Waals surface area contributed by atoms with Gasteiger partial charge in [0.2, 0.25) is 0 Å². The molecular weight excluding hydrogens is 222 g/mol. The summed E-state index contributed by atoms with van der Waals surface area (Å²) in [6.45, 7) is 4.95. The van der Waals surface area contributed by atoms with E-state index in [4.69, 9.17) is 17.3 Å². The number of benzene rings is 1. The lowest BCUT2D eigenvalue weighted by atomic mass is 10.1. The summed E-state index contributed by atoms with van der Waals surface area (Å²) < 4.78 is 1.94. The van der Waals surface area contributed by atoms with Crippen molar-refractivity contribution in [3.05, 3.63) is 35.1 Å². The molecule has 2 aromatic rings. The van der Waals surface area contributed by atoms with Crippen LogP contribution in [-0.4, -0.2) is 9.78 Å². The van der Waals surface area contributed by atoms with Crippen molar-refractivity contribution >= 4 is 17.3 Å².